The Labute approximate surface area is 164 Å². The highest BCUT2D eigenvalue weighted by atomic mass is 19.1. The van der Waals surface area contributed by atoms with E-state index in [1.54, 1.807) is 12.1 Å². The lowest BCUT2D eigenvalue weighted by molar-refractivity contribution is 0.120. The number of aryl methyl sites for hydroxylation is 1. The molecule has 3 aromatic rings. The minimum absolute atomic E-state index is 0.174. The molecule has 5 heteroatoms. The first kappa shape index (κ1) is 17.6. The van der Waals surface area contributed by atoms with Crippen LogP contribution in [0.5, 0.6) is 0 Å². The molecular formula is C23H24FN3O. The molecule has 144 valence electrons. The Morgan fingerprint density at radius 2 is 1.79 bits per heavy atom. The molecule has 0 aliphatic carbocycles. The fourth-order valence-corrected chi connectivity index (χ4v) is 5.05. The molecule has 0 N–H and O–H groups in total. The predicted molar refractivity (Wildman–Crippen MR) is 106 cm³/mol. The summed E-state index contributed by atoms with van der Waals surface area (Å²) in [5.41, 5.74) is 3.39. The van der Waals surface area contributed by atoms with Gasteiger partial charge in [0, 0.05) is 17.6 Å². The smallest absolute Gasteiger partial charge is 0.232 e. The van der Waals surface area contributed by atoms with Crippen molar-refractivity contribution in [2.45, 2.75) is 50.1 Å². The van der Waals surface area contributed by atoms with Crippen molar-refractivity contribution >= 4 is 0 Å². The average molecular weight is 377 g/mol. The lowest BCUT2D eigenvalue weighted by Crippen LogP contribution is -2.44. The Morgan fingerprint density at radius 1 is 1.04 bits per heavy atom. The van der Waals surface area contributed by atoms with E-state index in [9.17, 15) is 4.39 Å². The lowest BCUT2D eigenvalue weighted by Gasteiger charge is -2.41. The summed E-state index contributed by atoms with van der Waals surface area (Å²) in [6.07, 6.45) is 3.48. The summed E-state index contributed by atoms with van der Waals surface area (Å²) >= 11 is 0. The molecule has 5 rings (SSSR count). The Balaban J connectivity index is 1.53. The first-order valence-corrected chi connectivity index (χ1v) is 9.98. The Bertz CT molecular complexity index is 966. The van der Waals surface area contributed by atoms with Crippen LogP contribution in [-0.2, 0) is 0 Å². The molecule has 4 nitrogen and oxygen atoms in total. The van der Waals surface area contributed by atoms with Gasteiger partial charge in [-0.2, -0.15) is 4.98 Å². The number of rotatable bonds is 3. The topological polar surface area (TPSA) is 42.2 Å². The monoisotopic (exact) mass is 377 g/mol. The van der Waals surface area contributed by atoms with E-state index in [1.807, 2.05) is 0 Å². The van der Waals surface area contributed by atoms with Crippen molar-refractivity contribution in [3.8, 4) is 11.4 Å². The third-order valence-corrected chi connectivity index (χ3v) is 6.60. The van der Waals surface area contributed by atoms with Crippen molar-refractivity contribution in [2.24, 2.45) is 0 Å². The largest absolute Gasteiger partial charge is 0.339 e. The van der Waals surface area contributed by atoms with Crippen LogP contribution in [0, 0.1) is 12.7 Å². The van der Waals surface area contributed by atoms with Gasteiger partial charge in [-0.1, -0.05) is 35.0 Å². The van der Waals surface area contributed by atoms with Gasteiger partial charge in [0.05, 0.1) is 5.92 Å². The second-order valence-electron chi connectivity index (χ2n) is 8.21. The molecule has 0 radical (unpaired) electrons. The molecule has 0 unspecified atom stereocenters. The summed E-state index contributed by atoms with van der Waals surface area (Å²) in [6, 6.07) is 16.1. The maximum Gasteiger partial charge on any atom is 0.232 e. The van der Waals surface area contributed by atoms with Gasteiger partial charge in [-0.05, 0) is 69.0 Å². The number of aromatic nitrogens is 2. The lowest BCUT2D eigenvalue weighted by atomic mass is 9.76. The van der Waals surface area contributed by atoms with Crippen LogP contribution in [0.3, 0.4) is 0 Å². The van der Waals surface area contributed by atoms with Crippen LogP contribution in [0.2, 0.25) is 0 Å². The highest BCUT2D eigenvalue weighted by molar-refractivity contribution is 5.54. The summed E-state index contributed by atoms with van der Waals surface area (Å²) in [5, 5.41) is 4.21. The second-order valence-corrected chi connectivity index (χ2v) is 8.21. The standard InChI is InChI=1S/C23H24FN3O/c1-14-3-5-15(6-4-14)19-13-18-11-12-20(27(18)2)21(19)23-25-22(26-28-23)16-7-9-17(24)10-8-16/h3-10,18-21H,11-13H2,1-2H3/t18-,19+,20+,21+/m0/s1. The number of fused-ring (bicyclic) bond motifs is 2. The second kappa shape index (κ2) is 6.82. The van der Waals surface area contributed by atoms with Gasteiger partial charge in [-0.25, -0.2) is 4.39 Å². The molecule has 1 aromatic heterocycles. The van der Waals surface area contributed by atoms with Gasteiger partial charge in [0.15, 0.2) is 0 Å². The number of halogens is 1. The first-order valence-electron chi connectivity index (χ1n) is 9.98. The van der Waals surface area contributed by atoms with Gasteiger partial charge >= 0.3 is 0 Å². The van der Waals surface area contributed by atoms with Gasteiger partial charge in [-0.15, -0.1) is 0 Å². The minimum Gasteiger partial charge on any atom is -0.339 e. The van der Waals surface area contributed by atoms with Gasteiger partial charge < -0.3 is 4.52 Å². The zero-order valence-electron chi connectivity index (χ0n) is 16.2. The van der Waals surface area contributed by atoms with Crippen LogP contribution in [0.4, 0.5) is 4.39 Å². The number of benzene rings is 2. The predicted octanol–water partition coefficient (Wildman–Crippen LogP) is 4.92. The molecule has 2 bridgehead atoms. The van der Waals surface area contributed by atoms with E-state index in [2.05, 4.69) is 48.3 Å². The maximum absolute atomic E-state index is 13.2. The number of hydrogen-bond donors (Lipinski definition) is 0. The van der Waals surface area contributed by atoms with Gasteiger partial charge in [0.25, 0.3) is 0 Å². The van der Waals surface area contributed by atoms with Crippen molar-refractivity contribution in [2.75, 3.05) is 7.05 Å². The third kappa shape index (κ3) is 2.94. The van der Waals surface area contributed by atoms with Crippen molar-refractivity contribution in [1.82, 2.24) is 15.0 Å². The Hall–Kier alpha value is -2.53. The van der Waals surface area contributed by atoms with E-state index in [0.717, 1.165) is 18.4 Å². The normalized spacial score (nSPS) is 27.2. The van der Waals surface area contributed by atoms with Crippen LogP contribution >= 0.6 is 0 Å². The summed E-state index contributed by atoms with van der Waals surface area (Å²) in [5.74, 6) is 1.50. The zero-order chi connectivity index (χ0) is 19.3. The molecule has 0 amide bonds. The number of hydrogen-bond acceptors (Lipinski definition) is 4. The third-order valence-electron chi connectivity index (χ3n) is 6.60. The van der Waals surface area contributed by atoms with Crippen LogP contribution in [-0.4, -0.2) is 34.2 Å². The SMILES string of the molecule is Cc1ccc([C@H]2C[C@@H]3CC[C@H]([C@@H]2c2nc(-c4ccc(F)cc4)no2)N3C)cc1. The van der Waals surface area contributed by atoms with Crippen LogP contribution in [0.1, 0.15) is 48.1 Å². The van der Waals surface area contributed by atoms with E-state index in [0.29, 0.717) is 29.7 Å². The number of piperidine rings is 1. The van der Waals surface area contributed by atoms with E-state index in [1.165, 1.54) is 29.7 Å². The molecule has 28 heavy (non-hydrogen) atoms. The van der Waals surface area contributed by atoms with E-state index < -0.39 is 0 Å². The van der Waals surface area contributed by atoms with Gasteiger partial charge in [-0.3, -0.25) is 4.90 Å². The van der Waals surface area contributed by atoms with Crippen LogP contribution < -0.4 is 0 Å². The van der Waals surface area contributed by atoms with Crippen molar-refractivity contribution in [3.63, 3.8) is 0 Å². The molecular weight excluding hydrogens is 353 g/mol. The summed E-state index contributed by atoms with van der Waals surface area (Å²) in [6.45, 7) is 2.12. The summed E-state index contributed by atoms with van der Waals surface area (Å²) < 4.78 is 19.0. The fraction of sp³-hybridized carbons (Fsp3) is 0.391. The highest BCUT2D eigenvalue weighted by Gasteiger charge is 2.48. The molecule has 4 atom stereocenters. The molecule has 2 aliphatic heterocycles. The van der Waals surface area contributed by atoms with Crippen LogP contribution in [0.15, 0.2) is 53.1 Å². The van der Waals surface area contributed by atoms with Crippen LogP contribution in [0.25, 0.3) is 11.4 Å². The van der Waals surface area contributed by atoms with E-state index >= 15 is 0 Å². The fourth-order valence-electron chi connectivity index (χ4n) is 5.05. The molecule has 0 saturated carbocycles. The summed E-state index contributed by atoms with van der Waals surface area (Å²) in [4.78, 5) is 7.25. The average Bonchev–Trinajstić information content (AvgIpc) is 3.26. The molecule has 3 heterocycles. The van der Waals surface area contributed by atoms with E-state index in [-0.39, 0.29) is 11.7 Å². The minimum atomic E-state index is -0.266. The molecule has 0 spiro atoms. The highest BCUT2D eigenvalue weighted by Crippen LogP contribution is 2.50. The Kier molecular flexibility index (Phi) is 4.27. The van der Waals surface area contributed by atoms with Gasteiger partial charge in [0.2, 0.25) is 11.7 Å². The maximum atomic E-state index is 13.2. The number of nitrogens with zero attached hydrogens (tertiary/aromatic N) is 3. The zero-order valence-corrected chi connectivity index (χ0v) is 16.2. The first-order chi connectivity index (χ1) is 13.6. The molecule has 2 saturated heterocycles. The quantitative estimate of drug-likeness (QED) is 0.650. The van der Waals surface area contributed by atoms with Crippen molar-refractivity contribution in [1.29, 1.82) is 0 Å². The van der Waals surface area contributed by atoms with Crippen molar-refractivity contribution < 1.29 is 8.91 Å². The molecule has 2 aromatic carbocycles. The molecule has 2 aliphatic rings. The number of likely N-dealkylation sites (N-methyl/N-ethyl adjacent to an activating group) is 1. The van der Waals surface area contributed by atoms with Crippen molar-refractivity contribution in [3.05, 3.63) is 71.4 Å². The molecule has 2 fully saturated rings. The summed E-state index contributed by atoms with van der Waals surface area (Å²) in [7, 11) is 2.22. The Morgan fingerprint density at radius 3 is 2.54 bits per heavy atom. The van der Waals surface area contributed by atoms with Gasteiger partial charge in [0.1, 0.15) is 5.82 Å². The van der Waals surface area contributed by atoms with E-state index in [4.69, 9.17) is 9.51 Å².